The van der Waals surface area contributed by atoms with Crippen LogP contribution >= 0.6 is 55.1 Å². The zero-order chi connectivity index (χ0) is 12.9. The fourth-order valence-corrected chi connectivity index (χ4v) is 4.02. The zero-order valence-corrected chi connectivity index (χ0v) is 13.7. The monoisotopic (exact) mass is 402 g/mol. The van der Waals surface area contributed by atoms with Gasteiger partial charge in [-0.25, -0.2) is 0 Å². The number of hydrogen-bond acceptors (Lipinski definition) is 0. The minimum Gasteiger partial charge on any atom is -0.0843 e. The van der Waals surface area contributed by atoms with Gasteiger partial charge >= 0.3 is 0 Å². The number of fused-ring (bicyclic) bond motifs is 3. The Bertz CT molecular complexity index is 782. The van der Waals surface area contributed by atoms with Crippen LogP contribution < -0.4 is 0 Å². The Morgan fingerprint density at radius 1 is 0.833 bits per heavy atom. The molecule has 0 nitrogen and oxygen atoms in total. The van der Waals surface area contributed by atoms with Crippen LogP contribution in [0.15, 0.2) is 45.3 Å². The average Bonchev–Trinajstić information content (AvgIpc) is 2.26. The first-order valence-electron chi connectivity index (χ1n) is 5.23. The normalized spacial score (nSPS) is 11.3. The number of rotatable bonds is 0. The fraction of sp³-hybridized carbons (Fsp3) is 0. The summed E-state index contributed by atoms with van der Waals surface area (Å²) in [5.41, 5.74) is 0. The lowest BCUT2D eigenvalue weighted by atomic mass is 10.0. The summed E-state index contributed by atoms with van der Waals surface area (Å²) in [6.45, 7) is 0. The molecule has 0 fully saturated rings. The van der Waals surface area contributed by atoms with Gasteiger partial charge in [0.25, 0.3) is 0 Å². The molecule has 0 heterocycles. The molecule has 3 aromatic carbocycles. The van der Waals surface area contributed by atoms with E-state index in [0.29, 0.717) is 5.02 Å². The van der Waals surface area contributed by atoms with E-state index >= 15 is 0 Å². The van der Waals surface area contributed by atoms with E-state index in [1.165, 1.54) is 0 Å². The van der Waals surface area contributed by atoms with E-state index in [9.17, 15) is 0 Å². The van der Waals surface area contributed by atoms with Gasteiger partial charge in [-0.05, 0) is 40.4 Å². The van der Waals surface area contributed by atoms with Gasteiger partial charge in [0.15, 0.2) is 0 Å². The summed E-state index contributed by atoms with van der Waals surface area (Å²) in [6, 6.07) is 11.9. The summed E-state index contributed by atoms with van der Waals surface area (Å²) < 4.78 is 1.95. The van der Waals surface area contributed by atoms with Crippen molar-refractivity contribution in [3.63, 3.8) is 0 Å². The molecule has 0 aliphatic heterocycles. The van der Waals surface area contributed by atoms with Crippen molar-refractivity contribution in [1.29, 1.82) is 0 Å². The summed E-state index contributed by atoms with van der Waals surface area (Å²) in [5.74, 6) is 0. The second-order valence-electron chi connectivity index (χ2n) is 4.03. The molecular weight excluding hydrogens is 399 g/mol. The largest absolute Gasteiger partial charge is 0.0843 e. The molecular formula is C14H6Br2Cl2. The van der Waals surface area contributed by atoms with Gasteiger partial charge in [0.2, 0.25) is 0 Å². The predicted molar refractivity (Wildman–Crippen MR) is 86.9 cm³/mol. The van der Waals surface area contributed by atoms with Gasteiger partial charge in [-0.15, -0.1) is 0 Å². The Hall–Kier alpha value is -0.280. The molecule has 0 atom stereocenters. The molecule has 0 aliphatic rings. The third kappa shape index (κ3) is 2.05. The predicted octanol–water partition coefficient (Wildman–Crippen LogP) is 6.82. The molecule has 0 aromatic heterocycles. The molecule has 0 amide bonds. The van der Waals surface area contributed by atoms with Crippen molar-refractivity contribution in [2.45, 2.75) is 0 Å². The quantitative estimate of drug-likeness (QED) is 0.360. The maximum absolute atomic E-state index is 6.36. The Labute approximate surface area is 131 Å². The first-order chi connectivity index (χ1) is 8.56. The summed E-state index contributed by atoms with van der Waals surface area (Å²) >= 11 is 19.5. The van der Waals surface area contributed by atoms with Crippen molar-refractivity contribution < 1.29 is 0 Å². The number of benzene rings is 3. The molecule has 0 N–H and O–H groups in total. The molecule has 3 rings (SSSR count). The number of hydrogen-bond donors (Lipinski definition) is 0. The Morgan fingerprint density at radius 2 is 1.61 bits per heavy atom. The van der Waals surface area contributed by atoms with Crippen LogP contribution in [0.5, 0.6) is 0 Å². The summed E-state index contributed by atoms with van der Waals surface area (Å²) in [6.07, 6.45) is 0. The highest BCUT2D eigenvalue weighted by atomic mass is 79.9. The second kappa shape index (κ2) is 4.68. The topological polar surface area (TPSA) is 0 Å². The van der Waals surface area contributed by atoms with E-state index in [1.54, 1.807) is 0 Å². The van der Waals surface area contributed by atoms with Gasteiger partial charge < -0.3 is 0 Å². The van der Waals surface area contributed by atoms with Crippen molar-refractivity contribution in [2.75, 3.05) is 0 Å². The lowest BCUT2D eigenvalue weighted by Gasteiger charge is -2.09. The van der Waals surface area contributed by atoms with E-state index in [0.717, 1.165) is 35.5 Å². The lowest BCUT2D eigenvalue weighted by Crippen LogP contribution is -1.82. The molecule has 4 heteroatoms. The van der Waals surface area contributed by atoms with Gasteiger partial charge in [0.1, 0.15) is 0 Å². The highest BCUT2D eigenvalue weighted by Crippen LogP contribution is 2.37. The van der Waals surface area contributed by atoms with E-state index < -0.39 is 0 Å². The van der Waals surface area contributed by atoms with Crippen LogP contribution in [-0.4, -0.2) is 0 Å². The molecule has 0 spiro atoms. The summed E-state index contributed by atoms with van der Waals surface area (Å²) in [5, 5.41) is 5.71. The Morgan fingerprint density at radius 3 is 2.39 bits per heavy atom. The van der Waals surface area contributed by atoms with Crippen LogP contribution in [0.3, 0.4) is 0 Å². The third-order valence-corrected chi connectivity index (χ3v) is 4.51. The SMILES string of the molecule is Clc1cc(Br)c2ccc3cc(Br)cc(Cl)c3c2c1. The van der Waals surface area contributed by atoms with E-state index in [2.05, 4.69) is 50.1 Å². The first-order valence-corrected chi connectivity index (χ1v) is 7.57. The highest BCUT2D eigenvalue weighted by molar-refractivity contribution is 9.11. The Balaban J connectivity index is 2.60. The molecule has 0 unspecified atom stereocenters. The van der Waals surface area contributed by atoms with E-state index in [4.69, 9.17) is 23.2 Å². The lowest BCUT2D eigenvalue weighted by molar-refractivity contribution is 1.70. The average molecular weight is 405 g/mol. The zero-order valence-electron chi connectivity index (χ0n) is 8.98. The van der Waals surface area contributed by atoms with E-state index in [1.807, 2.05) is 18.2 Å². The maximum atomic E-state index is 6.36. The van der Waals surface area contributed by atoms with Crippen LogP contribution in [0.4, 0.5) is 0 Å². The minimum absolute atomic E-state index is 0.695. The molecule has 18 heavy (non-hydrogen) atoms. The van der Waals surface area contributed by atoms with Gasteiger partial charge in [-0.3, -0.25) is 0 Å². The van der Waals surface area contributed by atoms with Crippen LogP contribution in [0.25, 0.3) is 21.5 Å². The van der Waals surface area contributed by atoms with Crippen LogP contribution in [0.1, 0.15) is 0 Å². The summed E-state index contributed by atoms with van der Waals surface area (Å²) in [7, 11) is 0. The summed E-state index contributed by atoms with van der Waals surface area (Å²) in [4.78, 5) is 0. The molecule has 0 saturated heterocycles. The first kappa shape index (κ1) is 12.7. The van der Waals surface area contributed by atoms with Gasteiger partial charge in [-0.2, -0.15) is 0 Å². The van der Waals surface area contributed by atoms with Crippen molar-refractivity contribution in [1.82, 2.24) is 0 Å². The standard InChI is InChI=1S/C14H6Br2Cl2/c15-8-3-7-1-2-10-11(14(7)13(18)4-8)5-9(17)6-12(10)16/h1-6H. The highest BCUT2D eigenvalue weighted by Gasteiger charge is 2.09. The molecule has 0 aliphatic carbocycles. The van der Waals surface area contributed by atoms with Gasteiger partial charge in [-0.1, -0.05) is 67.2 Å². The van der Waals surface area contributed by atoms with Gasteiger partial charge in [0.05, 0.1) is 5.02 Å². The Kier molecular flexibility index (Phi) is 3.31. The van der Waals surface area contributed by atoms with Crippen LogP contribution in [0, 0.1) is 0 Å². The number of halogens is 4. The molecule has 3 aromatic rings. The second-order valence-corrected chi connectivity index (χ2v) is 6.65. The molecule has 90 valence electrons. The van der Waals surface area contributed by atoms with Crippen LogP contribution in [0.2, 0.25) is 10.0 Å². The molecule has 0 saturated carbocycles. The van der Waals surface area contributed by atoms with Crippen molar-refractivity contribution in [3.05, 3.63) is 55.4 Å². The van der Waals surface area contributed by atoms with Crippen LogP contribution in [-0.2, 0) is 0 Å². The van der Waals surface area contributed by atoms with Crippen molar-refractivity contribution >= 4 is 76.6 Å². The molecule has 0 bridgehead atoms. The van der Waals surface area contributed by atoms with E-state index in [-0.39, 0.29) is 0 Å². The van der Waals surface area contributed by atoms with Crippen molar-refractivity contribution in [3.8, 4) is 0 Å². The molecule has 0 radical (unpaired) electrons. The van der Waals surface area contributed by atoms with Crippen molar-refractivity contribution in [2.24, 2.45) is 0 Å². The third-order valence-electron chi connectivity index (χ3n) is 2.88. The minimum atomic E-state index is 0.695. The maximum Gasteiger partial charge on any atom is 0.0501 e. The fourth-order valence-electron chi connectivity index (χ4n) is 2.14. The smallest absolute Gasteiger partial charge is 0.0501 e. The van der Waals surface area contributed by atoms with Gasteiger partial charge in [0, 0.05) is 19.4 Å².